The van der Waals surface area contributed by atoms with Crippen LogP contribution in [0.25, 0.3) is 0 Å². The van der Waals surface area contributed by atoms with Gasteiger partial charge in [0.05, 0.1) is 27.9 Å². The van der Waals surface area contributed by atoms with Crippen LogP contribution in [0.3, 0.4) is 0 Å². The number of rotatable bonds is 12. The molecule has 0 saturated heterocycles. The van der Waals surface area contributed by atoms with Gasteiger partial charge in [0.2, 0.25) is 16.3 Å². The van der Waals surface area contributed by atoms with Gasteiger partial charge in [-0.25, -0.2) is 16.8 Å². The number of nitrogens with one attached hydrogen (secondary N) is 1. The second-order valence-electron chi connectivity index (χ2n) is 7.21. The van der Waals surface area contributed by atoms with E-state index in [4.69, 9.17) is 0 Å². The quantitative estimate of drug-likeness (QED) is 0.0916. The minimum absolute atomic E-state index is 0. The second-order valence-corrected chi connectivity index (χ2v) is 10.4. The van der Waals surface area contributed by atoms with Crippen molar-refractivity contribution in [3.05, 3.63) is 46.5 Å². The summed E-state index contributed by atoms with van der Waals surface area (Å²) in [5, 5.41) is 22.1. The van der Waals surface area contributed by atoms with E-state index in [1.807, 2.05) is 18.7 Å². The summed E-state index contributed by atoms with van der Waals surface area (Å²) in [4.78, 5) is 23.9. The number of hydrogen-bond donors (Lipinski definition) is 1. The van der Waals surface area contributed by atoms with Crippen molar-refractivity contribution >= 4 is 54.6 Å². The molecule has 14 nitrogen and oxygen atoms in total. The third-order valence-corrected chi connectivity index (χ3v) is 6.90. The zero-order valence-corrected chi connectivity index (χ0v) is 24.2. The molecule has 0 aliphatic carbocycles. The maximum atomic E-state index is 12.4. The maximum absolute atomic E-state index is 12.4. The fraction of sp³-hybridized carbons (Fsp3) is 0.350. The Bertz CT molecular complexity index is 1380. The van der Waals surface area contributed by atoms with Crippen molar-refractivity contribution < 1.29 is 64.8 Å². The molecule has 0 atom stereocenters. The SMILES string of the molecule is CCN(CC)c1ccc(N=Nc2ccc(S(=O)(=O)CCOS(=O)(=O)[O-])cc2[N+](=O)[O-])c(NC(C)=O)c1.[Na+]. The number of azo groups is 1. The van der Waals surface area contributed by atoms with Crippen LogP contribution >= 0.6 is 0 Å². The van der Waals surface area contributed by atoms with Crippen molar-refractivity contribution in [1.82, 2.24) is 0 Å². The Morgan fingerprint density at radius 3 is 2.19 bits per heavy atom. The number of carbonyl (C=O) groups excluding carboxylic acids is 1. The van der Waals surface area contributed by atoms with Crippen LogP contribution in [0.4, 0.5) is 28.4 Å². The van der Waals surface area contributed by atoms with Crippen molar-refractivity contribution in [2.45, 2.75) is 25.7 Å². The minimum atomic E-state index is -5.09. The first-order valence-corrected chi connectivity index (χ1v) is 13.5. The Labute approximate surface area is 236 Å². The molecule has 0 bridgehead atoms. The first-order valence-electron chi connectivity index (χ1n) is 10.5. The first kappa shape index (κ1) is 32.6. The molecule has 0 aliphatic heterocycles. The molecule has 37 heavy (non-hydrogen) atoms. The number of benzene rings is 2. The summed E-state index contributed by atoms with van der Waals surface area (Å²) in [5.41, 5.74) is 0.405. The summed E-state index contributed by atoms with van der Waals surface area (Å²) in [6.45, 7) is 5.74. The topological polar surface area (TPSA) is 201 Å². The molecular formula is C20H24N5NaO9S2. The summed E-state index contributed by atoms with van der Waals surface area (Å²) < 4.78 is 60.1. The van der Waals surface area contributed by atoms with E-state index in [0.29, 0.717) is 5.69 Å². The molecule has 0 aliphatic rings. The van der Waals surface area contributed by atoms with Gasteiger partial charge in [0.15, 0.2) is 15.5 Å². The molecule has 0 fully saturated rings. The molecule has 2 aromatic rings. The maximum Gasteiger partial charge on any atom is 1.00 e. The average Bonchev–Trinajstić information content (AvgIpc) is 2.77. The fourth-order valence-corrected chi connectivity index (χ4v) is 4.58. The van der Waals surface area contributed by atoms with Gasteiger partial charge in [-0.1, -0.05) is 0 Å². The van der Waals surface area contributed by atoms with Crippen LogP contribution in [-0.2, 0) is 29.2 Å². The molecule has 0 unspecified atom stereocenters. The van der Waals surface area contributed by atoms with Crippen LogP contribution in [0, 0.1) is 10.1 Å². The van der Waals surface area contributed by atoms with Gasteiger partial charge in [0, 0.05) is 31.8 Å². The van der Waals surface area contributed by atoms with Crippen LogP contribution in [-0.4, -0.2) is 57.7 Å². The minimum Gasteiger partial charge on any atom is -0.726 e. The van der Waals surface area contributed by atoms with E-state index >= 15 is 0 Å². The summed E-state index contributed by atoms with van der Waals surface area (Å²) in [6.07, 6.45) is 0. The molecule has 0 spiro atoms. The zero-order chi connectivity index (χ0) is 27.1. The molecule has 0 saturated carbocycles. The Hall–Kier alpha value is -2.47. The van der Waals surface area contributed by atoms with Crippen LogP contribution in [0.5, 0.6) is 0 Å². The van der Waals surface area contributed by atoms with E-state index in [1.54, 1.807) is 18.2 Å². The standard InChI is InChI=1S/C20H25N5O9S2.Na/c1-4-24(5-2)15-6-8-17(19(12-15)21-14(3)26)22-23-18-9-7-16(13-20(18)25(27)28)35(29,30)11-10-34-36(31,32)33;/h6-9,12-13H,4-5,10-11H2,1-3H3,(H,21,26)(H,31,32,33);/q;+1/p-1. The van der Waals surface area contributed by atoms with Crippen molar-refractivity contribution in [1.29, 1.82) is 0 Å². The van der Waals surface area contributed by atoms with Crippen molar-refractivity contribution in [2.75, 3.05) is 35.7 Å². The summed E-state index contributed by atoms with van der Waals surface area (Å²) in [7, 11) is -9.31. The van der Waals surface area contributed by atoms with E-state index in [0.717, 1.165) is 37.0 Å². The van der Waals surface area contributed by atoms with Gasteiger partial charge in [0.1, 0.15) is 5.69 Å². The monoisotopic (exact) mass is 565 g/mol. The van der Waals surface area contributed by atoms with E-state index in [2.05, 4.69) is 19.7 Å². The Balaban J connectivity index is 0.00000684. The van der Waals surface area contributed by atoms with Gasteiger partial charge in [-0.3, -0.25) is 19.1 Å². The summed E-state index contributed by atoms with van der Waals surface area (Å²) in [6, 6.07) is 7.85. The van der Waals surface area contributed by atoms with Crippen molar-refractivity contribution in [3.63, 3.8) is 0 Å². The largest absolute Gasteiger partial charge is 1.00 e. The number of sulfone groups is 1. The van der Waals surface area contributed by atoms with E-state index < -0.39 is 48.1 Å². The molecule has 2 rings (SSSR count). The molecule has 2 aromatic carbocycles. The number of carbonyl (C=O) groups is 1. The molecule has 196 valence electrons. The summed E-state index contributed by atoms with van der Waals surface area (Å²) in [5.74, 6) is -1.26. The zero-order valence-electron chi connectivity index (χ0n) is 20.6. The van der Waals surface area contributed by atoms with E-state index in [9.17, 15) is 36.3 Å². The van der Waals surface area contributed by atoms with Gasteiger partial charge in [0.25, 0.3) is 5.69 Å². The number of nitrogens with zero attached hydrogens (tertiary/aromatic N) is 4. The van der Waals surface area contributed by atoms with Gasteiger partial charge >= 0.3 is 29.6 Å². The average molecular weight is 566 g/mol. The van der Waals surface area contributed by atoms with Crippen LogP contribution in [0.15, 0.2) is 51.5 Å². The predicted octanol–water partition coefficient (Wildman–Crippen LogP) is 0.0693. The molecule has 17 heteroatoms. The van der Waals surface area contributed by atoms with Crippen molar-refractivity contribution in [2.24, 2.45) is 10.2 Å². The molecule has 1 N–H and O–H groups in total. The van der Waals surface area contributed by atoms with Crippen LogP contribution in [0.2, 0.25) is 0 Å². The van der Waals surface area contributed by atoms with E-state index in [1.165, 1.54) is 6.92 Å². The number of nitro groups is 1. The third kappa shape index (κ3) is 9.73. The van der Waals surface area contributed by atoms with E-state index in [-0.39, 0.29) is 46.8 Å². The van der Waals surface area contributed by atoms with Crippen LogP contribution in [0.1, 0.15) is 20.8 Å². The first-order chi connectivity index (χ1) is 16.8. The van der Waals surface area contributed by atoms with Gasteiger partial charge in [-0.15, -0.1) is 10.2 Å². The summed E-state index contributed by atoms with van der Waals surface area (Å²) >= 11 is 0. The number of hydrogen-bond acceptors (Lipinski definition) is 12. The van der Waals surface area contributed by atoms with Gasteiger partial charge in [-0.2, -0.15) is 0 Å². The Morgan fingerprint density at radius 1 is 1.05 bits per heavy atom. The molecular weight excluding hydrogens is 541 g/mol. The number of nitro benzene ring substituents is 1. The molecule has 0 radical (unpaired) electrons. The fourth-order valence-electron chi connectivity index (χ4n) is 3.09. The van der Waals surface area contributed by atoms with Gasteiger partial charge < -0.3 is 14.8 Å². The Morgan fingerprint density at radius 2 is 1.65 bits per heavy atom. The number of anilines is 2. The molecule has 1 amide bonds. The predicted molar refractivity (Wildman–Crippen MR) is 129 cm³/mol. The van der Waals surface area contributed by atoms with Crippen molar-refractivity contribution in [3.8, 4) is 0 Å². The third-order valence-electron chi connectivity index (χ3n) is 4.77. The van der Waals surface area contributed by atoms with Crippen LogP contribution < -0.4 is 39.8 Å². The normalized spacial score (nSPS) is 11.7. The smallest absolute Gasteiger partial charge is 0.726 e. The molecule has 0 aromatic heterocycles. The second kappa shape index (κ2) is 13.9. The number of amides is 1. The Kier molecular flexibility index (Phi) is 12.2. The van der Waals surface area contributed by atoms with Gasteiger partial charge in [-0.05, 0) is 44.2 Å². The molecule has 0 heterocycles.